The molecule has 1 aromatic heterocycles. The van der Waals surface area contributed by atoms with Crippen molar-refractivity contribution in [2.45, 2.75) is 17.4 Å². The van der Waals surface area contributed by atoms with Gasteiger partial charge in [0.05, 0.1) is 13.2 Å². The Hall–Kier alpha value is -4.71. The Labute approximate surface area is 218 Å². The number of benzene rings is 3. The second-order valence-electron chi connectivity index (χ2n) is 8.07. The zero-order valence-corrected chi connectivity index (χ0v) is 21.0. The van der Waals surface area contributed by atoms with Gasteiger partial charge in [0, 0.05) is 23.8 Å². The van der Waals surface area contributed by atoms with Gasteiger partial charge in [-0.05, 0) is 48.4 Å². The van der Waals surface area contributed by atoms with Crippen LogP contribution in [0.1, 0.15) is 17.4 Å². The van der Waals surface area contributed by atoms with Crippen LogP contribution in [0.25, 0.3) is 5.69 Å². The van der Waals surface area contributed by atoms with Crippen LogP contribution in [0.5, 0.6) is 0 Å². The van der Waals surface area contributed by atoms with Crippen LogP contribution in [0.2, 0.25) is 0 Å². The molecule has 3 amide bonds. The summed E-state index contributed by atoms with van der Waals surface area (Å²) in [5, 5.41) is 5.22. The van der Waals surface area contributed by atoms with Gasteiger partial charge in [-0.25, -0.2) is 32.1 Å². The molecule has 38 heavy (non-hydrogen) atoms. The Balaban J connectivity index is 1.61. The third-order valence-corrected chi connectivity index (χ3v) is 6.86. The average Bonchev–Trinajstić information content (AvgIpc) is 3.39. The van der Waals surface area contributed by atoms with Crippen LogP contribution in [0.4, 0.5) is 19.7 Å². The Bertz CT molecular complexity index is 1530. The first-order chi connectivity index (χ1) is 18.3. The number of halogens is 1. The maximum atomic E-state index is 14.1. The molecule has 1 atom stereocenters. The number of sulfonamides is 1. The number of ether oxygens (including phenoxy) is 1. The van der Waals surface area contributed by atoms with Crippen molar-refractivity contribution in [1.29, 1.82) is 0 Å². The highest BCUT2D eigenvalue weighted by Crippen LogP contribution is 2.22. The lowest BCUT2D eigenvalue weighted by molar-refractivity contribution is 0.187. The first-order valence-electron chi connectivity index (χ1n) is 11.4. The number of nitrogens with one attached hydrogen (secondary N) is 3. The van der Waals surface area contributed by atoms with E-state index in [0.717, 1.165) is 17.7 Å². The molecule has 0 fully saturated rings. The van der Waals surface area contributed by atoms with Crippen LogP contribution in [0, 0.1) is 5.82 Å². The molecule has 0 saturated heterocycles. The smallest absolute Gasteiger partial charge is 0.411 e. The Morgan fingerprint density at radius 1 is 1.00 bits per heavy atom. The van der Waals surface area contributed by atoms with E-state index in [1.807, 2.05) is 35.1 Å². The van der Waals surface area contributed by atoms with Gasteiger partial charge in [0.2, 0.25) is 0 Å². The number of amides is 3. The zero-order chi connectivity index (χ0) is 27.1. The molecule has 0 unspecified atom stereocenters. The fourth-order valence-electron chi connectivity index (χ4n) is 3.75. The molecule has 196 valence electrons. The number of carbonyl (C=O) groups is 2. The number of aromatic nitrogens is 2. The van der Waals surface area contributed by atoms with Gasteiger partial charge in [0.15, 0.2) is 0 Å². The molecule has 12 heteroatoms. The predicted molar refractivity (Wildman–Crippen MR) is 138 cm³/mol. The summed E-state index contributed by atoms with van der Waals surface area (Å²) in [7, 11) is -3.20. The van der Waals surface area contributed by atoms with E-state index in [9.17, 15) is 22.4 Å². The largest absolute Gasteiger partial charge is 0.453 e. The van der Waals surface area contributed by atoms with Crippen LogP contribution in [-0.4, -0.2) is 37.2 Å². The van der Waals surface area contributed by atoms with Crippen molar-refractivity contribution < 1.29 is 27.1 Å². The molecule has 4 rings (SSSR count). The fraction of sp³-hybridized carbons (Fsp3) is 0.115. The molecular weight excluding hydrogens is 513 g/mol. The van der Waals surface area contributed by atoms with E-state index in [1.165, 1.54) is 19.2 Å². The van der Waals surface area contributed by atoms with Gasteiger partial charge in [-0.1, -0.05) is 42.5 Å². The van der Waals surface area contributed by atoms with Crippen molar-refractivity contribution in [2.75, 3.05) is 12.4 Å². The average molecular weight is 538 g/mol. The van der Waals surface area contributed by atoms with Crippen LogP contribution < -0.4 is 15.4 Å². The quantitative estimate of drug-likeness (QED) is 0.309. The molecular formula is C26H24FN5O5S. The van der Waals surface area contributed by atoms with Crippen LogP contribution >= 0.6 is 0 Å². The second-order valence-corrected chi connectivity index (χ2v) is 9.72. The third-order valence-electron chi connectivity index (χ3n) is 5.50. The molecule has 0 aliphatic heterocycles. The molecule has 0 saturated carbocycles. The normalized spacial score (nSPS) is 11.8. The number of anilines is 1. The summed E-state index contributed by atoms with van der Waals surface area (Å²) in [5.74, 6) is -0.560. The molecule has 3 N–H and O–H groups in total. The van der Waals surface area contributed by atoms with E-state index in [-0.39, 0.29) is 6.42 Å². The molecule has 3 aromatic carbocycles. The van der Waals surface area contributed by atoms with E-state index in [0.29, 0.717) is 17.2 Å². The van der Waals surface area contributed by atoms with E-state index < -0.39 is 38.9 Å². The van der Waals surface area contributed by atoms with Gasteiger partial charge in [0.1, 0.15) is 16.5 Å². The molecule has 4 aromatic rings. The van der Waals surface area contributed by atoms with Crippen molar-refractivity contribution in [3.8, 4) is 5.69 Å². The lowest BCUT2D eigenvalue weighted by Crippen LogP contribution is -2.42. The number of nitrogens with zero attached hydrogens (tertiary/aromatic N) is 2. The third kappa shape index (κ3) is 6.34. The molecule has 0 bridgehead atoms. The molecule has 0 aliphatic rings. The summed E-state index contributed by atoms with van der Waals surface area (Å²) in [5.41, 5.74) is 2.05. The molecule has 1 heterocycles. The van der Waals surface area contributed by atoms with Crippen molar-refractivity contribution in [3.05, 3.63) is 108 Å². The van der Waals surface area contributed by atoms with Gasteiger partial charge in [-0.15, -0.1) is 0 Å². The first-order valence-corrected chi connectivity index (χ1v) is 12.9. The van der Waals surface area contributed by atoms with Crippen molar-refractivity contribution in [2.24, 2.45) is 0 Å². The summed E-state index contributed by atoms with van der Waals surface area (Å²) >= 11 is 0. The molecule has 10 nitrogen and oxygen atoms in total. The monoisotopic (exact) mass is 537 g/mol. The van der Waals surface area contributed by atoms with Crippen molar-refractivity contribution in [3.63, 3.8) is 0 Å². The molecule has 0 spiro atoms. The number of rotatable bonds is 8. The highest BCUT2D eigenvalue weighted by Gasteiger charge is 2.25. The summed E-state index contributed by atoms with van der Waals surface area (Å²) in [6.45, 7) is 0. The first kappa shape index (κ1) is 26.4. The van der Waals surface area contributed by atoms with Gasteiger partial charge >= 0.3 is 12.1 Å². The summed E-state index contributed by atoms with van der Waals surface area (Å²) in [6.07, 6.45) is 2.91. The van der Waals surface area contributed by atoms with E-state index in [2.05, 4.69) is 20.4 Å². The Morgan fingerprint density at radius 3 is 2.37 bits per heavy atom. The highest BCUT2D eigenvalue weighted by molar-refractivity contribution is 7.90. The summed E-state index contributed by atoms with van der Waals surface area (Å²) in [6, 6.07) is 19.0. The highest BCUT2D eigenvalue weighted by atomic mass is 32.2. The van der Waals surface area contributed by atoms with Crippen LogP contribution in [-0.2, 0) is 21.2 Å². The summed E-state index contributed by atoms with van der Waals surface area (Å²) < 4.78 is 47.5. The number of imidazole rings is 1. The van der Waals surface area contributed by atoms with Crippen molar-refractivity contribution in [1.82, 2.24) is 19.6 Å². The lowest BCUT2D eigenvalue weighted by atomic mass is 10.1. The summed E-state index contributed by atoms with van der Waals surface area (Å²) in [4.78, 5) is 28.1. The Kier molecular flexibility index (Phi) is 8.02. The van der Waals surface area contributed by atoms with Gasteiger partial charge in [-0.2, -0.15) is 0 Å². The standard InChI is InChI=1S/C26H24FN5O5S/c1-37-26(34)29-19-11-13-20(14-12-19)32-16-15-28-24(32)22(17-18-7-3-2-4-8-18)30-25(33)31-38(35,36)23-10-6-5-9-21(23)27/h2-16,22H,17H2,1H3,(H,29,34)(H2,30,31,33)/t22-/m0/s1. The van der Waals surface area contributed by atoms with Gasteiger partial charge < -0.3 is 14.6 Å². The maximum absolute atomic E-state index is 14.1. The van der Waals surface area contributed by atoms with E-state index >= 15 is 0 Å². The van der Waals surface area contributed by atoms with E-state index in [1.54, 1.807) is 41.2 Å². The number of hydrogen-bond donors (Lipinski definition) is 3. The minimum Gasteiger partial charge on any atom is -0.453 e. The number of urea groups is 1. The molecule has 0 radical (unpaired) electrons. The number of hydrogen-bond acceptors (Lipinski definition) is 6. The van der Waals surface area contributed by atoms with Crippen molar-refractivity contribution >= 4 is 27.8 Å². The van der Waals surface area contributed by atoms with E-state index in [4.69, 9.17) is 0 Å². The SMILES string of the molecule is COC(=O)Nc1ccc(-n2ccnc2[C@H](Cc2ccccc2)NC(=O)NS(=O)(=O)c2ccccc2F)cc1. The maximum Gasteiger partial charge on any atom is 0.411 e. The van der Waals surface area contributed by atoms with Crippen LogP contribution in [0.15, 0.2) is 96.2 Å². The zero-order valence-electron chi connectivity index (χ0n) is 20.2. The second kappa shape index (κ2) is 11.6. The lowest BCUT2D eigenvalue weighted by Gasteiger charge is -2.21. The fourth-order valence-corrected chi connectivity index (χ4v) is 4.74. The Morgan fingerprint density at radius 2 is 1.68 bits per heavy atom. The minimum absolute atomic E-state index is 0.285. The van der Waals surface area contributed by atoms with Gasteiger partial charge in [-0.3, -0.25) is 5.32 Å². The topological polar surface area (TPSA) is 131 Å². The minimum atomic E-state index is -4.47. The predicted octanol–water partition coefficient (Wildman–Crippen LogP) is 4.16. The number of carbonyl (C=O) groups excluding carboxylic acids is 2. The molecule has 0 aliphatic carbocycles. The van der Waals surface area contributed by atoms with Crippen LogP contribution in [0.3, 0.4) is 0 Å². The van der Waals surface area contributed by atoms with Gasteiger partial charge in [0.25, 0.3) is 10.0 Å². The number of methoxy groups -OCH3 is 1.